The van der Waals surface area contributed by atoms with Crippen molar-refractivity contribution in [2.24, 2.45) is 5.73 Å². The zero-order valence-corrected chi connectivity index (χ0v) is 13.8. The van der Waals surface area contributed by atoms with Crippen LogP contribution < -0.4 is 11.1 Å². The van der Waals surface area contributed by atoms with Crippen molar-refractivity contribution in [3.8, 4) is 17.3 Å². The largest absolute Gasteiger partial charge is 0.381 e. The molecule has 8 heteroatoms. The maximum atomic E-state index is 11.1. The molecule has 0 bridgehead atoms. The number of rotatable bonds is 3. The molecule has 0 saturated carbocycles. The predicted octanol–water partition coefficient (Wildman–Crippen LogP) is 2.49. The summed E-state index contributed by atoms with van der Waals surface area (Å²) in [6.45, 7) is 1.32. The summed E-state index contributed by atoms with van der Waals surface area (Å²) in [4.78, 5) is 23.1. The number of primary amides is 1. The summed E-state index contributed by atoms with van der Waals surface area (Å²) in [7, 11) is 0. The van der Waals surface area contributed by atoms with Crippen molar-refractivity contribution >= 4 is 22.8 Å². The molecule has 130 valence electrons. The molecule has 1 aliphatic rings. The van der Waals surface area contributed by atoms with Crippen LogP contribution in [0.4, 0.5) is 10.6 Å². The number of hydrogen-bond donors (Lipinski definition) is 3. The van der Waals surface area contributed by atoms with Gasteiger partial charge in [0.2, 0.25) is 0 Å². The minimum Gasteiger partial charge on any atom is -0.381 e. The Hall–Kier alpha value is -3.44. The summed E-state index contributed by atoms with van der Waals surface area (Å²) in [5.74, 6) is 0.549. The molecule has 1 saturated heterocycles. The van der Waals surface area contributed by atoms with Gasteiger partial charge in [-0.3, -0.25) is 10.3 Å². The number of ether oxygens (including phenoxy) is 1. The van der Waals surface area contributed by atoms with Crippen LogP contribution in [0.1, 0.15) is 23.6 Å². The fourth-order valence-electron chi connectivity index (χ4n) is 3.16. The number of carbonyl (C=O) groups excluding carboxylic acids is 1. The van der Waals surface area contributed by atoms with Gasteiger partial charge in [0.1, 0.15) is 5.82 Å². The molecule has 4 N–H and O–H groups in total. The molecule has 0 radical (unpaired) electrons. The van der Waals surface area contributed by atoms with E-state index in [1.807, 2.05) is 12.3 Å². The fraction of sp³-hybridized carbons (Fsp3) is 0.222. The lowest BCUT2D eigenvalue weighted by molar-refractivity contribution is 0.193. The number of nitrogens with zero attached hydrogens (tertiary/aromatic N) is 3. The van der Waals surface area contributed by atoms with Gasteiger partial charge >= 0.3 is 6.03 Å². The maximum absolute atomic E-state index is 11.1. The molecule has 4 heterocycles. The number of nitrogens with two attached hydrogens (primary N) is 1. The molecule has 3 aromatic rings. The lowest BCUT2D eigenvalue weighted by Crippen LogP contribution is -2.19. The summed E-state index contributed by atoms with van der Waals surface area (Å²) in [6.07, 6.45) is 4.33. The van der Waals surface area contributed by atoms with Crippen molar-refractivity contribution in [1.29, 1.82) is 5.26 Å². The third kappa shape index (κ3) is 2.96. The van der Waals surface area contributed by atoms with Gasteiger partial charge in [-0.15, -0.1) is 0 Å². The van der Waals surface area contributed by atoms with Crippen molar-refractivity contribution in [2.75, 3.05) is 18.5 Å². The van der Waals surface area contributed by atoms with E-state index in [4.69, 9.17) is 15.5 Å². The highest BCUT2D eigenvalue weighted by Gasteiger charge is 2.21. The highest BCUT2D eigenvalue weighted by Crippen LogP contribution is 2.32. The van der Waals surface area contributed by atoms with E-state index in [0.29, 0.717) is 30.3 Å². The number of aromatic amines is 1. The number of hydrogen-bond acceptors (Lipinski definition) is 5. The lowest BCUT2D eigenvalue weighted by atomic mass is 10.0. The Bertz CT molecular complexity index is 1030. The van der Waals surface area contributed by atoms with Crippen molar-refractivity contribution < 1.29 is 9.53 Å². The van der Waals surface area contributed by atoms with E-state index < -0.39 is 6.03 Å². The Labute approximate surface area is 149 Å². The average Bonchev–Trinajstić information content (AvgIpc) is 3.30. The summed E-state index contributed by atoms with van der Waals surface area (Å²) in [5.41, 5.74) is 8.88. The monoisotopic (exact) mass is 348 g/mol. The molecule has 1 atom stereocenters. The van der Waals surface area contributed by atoms with Crippen LogP contribution in [0.3, 0.4) is 0 Å². The van der Waals surface area contributed by atoms with Gasteiger partial charge < -0.3 is 15.5 Å². The molecule has 1 unspecified atom stereocenters. The van der Waals surface area contributed by atoms with Gasteiger partial charge in [-0.1, -0.05) is 0 Å². The van der Waals surface area contributed by atoms with Gasteiger partial charge in [0.25, 0.3) is 0 Å². The molecule has 2 amide bonds. The topological polar surface area (TPSA) is 130 Å². The lowest BCUT2D eigenvalue weighted by Gasteiger charge is -2.10. The van der Waals surface area contributed by atoms with E-state index in [-0.39, 0.29) is 5.92 Å². The van der Waals surface area contributed by atoms with Gasteiger partial charge in [0.05, 0.1) is 35.6 Å². The Kier molecular flexibility index (Phi) is 3.99. The number of H-pyrrole nitrogens is 1. The summed E-state index contributed by atoms with van der Waals surface area (Å²) >= 11 is 0. The van der Waals surface area contributed by atoms with E-state index in [9.17, 15) is 10.1 Å². The minimum atomic E-state index is -0.679. The second kappa shape index (κ2) is 6.46. The molecule has 1 aliphatic heterocycles. The Morgan fingerprint density at radius 2 is 2.31 bits per heavy atom. The predicted molar refractivity (Wildman–Crippen MR) is 95.4 cm³/mol. The third-order valence-corrected chi connectivity index (χ3v) is 4.42. The van der Waals surface area contributed by atoms with Gasteiger partial charge in [0.15, 0.2) is 0 Å². The highest BCUT2D eigenvalue weighted by atomic mass is 16.5. The Morgan fingerprint density at radius 3 is 3.04 bits per heavy atom. The van der Waals surface area contributed by atoms with Crippen LogP contribution in [-0.2, 0) is 4.74 Å². The van der Waals surface area contributed by atoms with Crippen LogP contribution in [0.5, 0.6) is 0 Å². The number of nitrogens with one attached hydrogen (secondary N) is 2. The number of amides is 2. The zero-order valence-electron chi connectivity index (χ0n) is 13.8. The van der Waals surface area contributed by atoms with Crippen LogP contribution in [0.2, 0.25) is 0 Å². The number of aromatic nitrogens is 3. The standard InChI is InChI=1S/C18H16N6O2/c19-6-10-3-14(11-1-2-26-9-11)23-15(4-10)13-7-21-16-8-22-17(5-12(13)16)24-18(20)25/h3-5,7-8,11,21H,1-2,9H2,(H3,20,22,24,25). The van der Waals surface area contributed by atoms with Gasteiger partial charge in [-0.25, -0.2) is 9.78 Å². The first-order valence-electron chi connectivity index (χ1n) is 8.18. The summed E-state index contributed by atoms with van der Waals surface area (Å²) < 4.78 is 5.45. The quantitative estimate of drug-likeness (QED) is 0.669. The van der Waals surface area contributed by atoms with Crippen LogP contribution in [0, 0.1) is 11.3 Å². The highest BCUT2D eigenvalue weighted by molar-refractivity contribution is 5.97. The minimum absolute atomic E-state index is 0.195. The van der Waals surface area contributed by atoms with Crippen molar-refractivity contribution in [2.45, 2.75) is 12.3 Å². The number of nitriles is 1. The molecule has 26 heavy (non-hydrogen) atoms. The smallest absolute Gasteiger partial charge is 0.317 e. The van der Waals surface area contributed by atoms with Crippen LogP contribution in [-0.4, -0.2) is 34.2 Å². The Morgan fingerprint density at radius 1 is 1.42 bits per heavy atom. The van der Waals surface area contributed by atoms with E-state index in [1.54, 1.807) is 18.3 Å². The SMILES string of the molecule is N#Cc1cc(-c2c[nH]c3cnc(NC(N)=O)cc23)nc(C2CCOC2)c1. The molecule has 0 aliphatic carbocycles. The molecule has 8 nitrogen and oxygen atoms in total. The number of fused-ring (bicyclic) bond motifs is 1. The summed E-state index contributed by atoms with van der Waals surface area (Å²) in [5, 5.41) is 12.7. The molecule has 0 aromatic carbocycles. The number of anilines is 1. The first-order chi connectivity index (χ1) is 12.6. The van der Waals surface area contributed by atoms with Crippen molar-refractivity contribution in [3.05, 3.63) is 41.9 Å². The van der Waals surface area contributed by atoms with Gasteiger partial charge in [-0.05, 0) is 24.6 Å². The second-order valence-corrected chi connectivity index (χ2v) is 6.14. The van der Waals surface area contributed by atoms with Crippen LogP contribution in [0.25, 0.3) is 22.2 Å². The van der Waals surface area contributed by atoms with Crippen LogP contribution in [0.15, 0.2) is 30.6 Å². The van der Waals surface area contributed by atoms with E-state index in [2.05, 4.69) is 21.4 Å². The van der Waals surface area contributed by atoms with Crippen LogP contribution >= 0.6 is 0 Å². The molecular formula is C18H16N6O2. The Balaban J connectivity index is 1.82. The molecule has 4 rings (SSSR count). The van der Waals surface area contributed by atoms with E-state index in [1.165, 1.54) is 0 Å². The second-order valence-electron chi connectivity index (χ2n) is 6.14. The van der Waals surface area contributed by atoms with Gasteiger partial charge in [-0.2, -0.15) is 5.26 Å². The van der Waals surface area contributed by atoms with Crippen molar-refractivity contribution in [1.82, 2.24) is 15.0 Å². The van der Waals surface area contributed by atoms with Crippen molar-refractivity contribution in [3.63, 3.8) is 0 Å². The molecule has 1 fully saturated rings. The molecular weight excluding hydrogens is 332 g/mol. The number of carbonyl (C=O) groups is 1. The van der Waals surface area contributed by atoms with E-state index in [0.717, 1.165) is 28.6 Å². The maximum Gasteiger partial charge on any atom is 0.317 e. The van der Waals surface area contributed by atoms with Gasteiger partial charge in [0, 0.05) is 35.4 Å². The first kappa shape index (κ1) is 16.1. The fourth-order valence-corrected chi connectivity index (χ4v) is 3.16. The normalized spacial score (nSPS) is 16.5. The summed E-state index contributed by atoms with van der Waals surface area (Å²) in [6, 6.07) is 6.82. The number of pyridine rings is 2. The third-order valence-electron chi connectivity index (χ3n) is 4.42. The molecule has 3 aromatic heterocycles. The zero-order chi connectivity index (χ0) is 18.1. The molecule has 0 spiro atoms. The average molecular weight is 348 g/mol. The number of urea groups is 1. The van der Waals surface area contributed by atoms with E-state index >= 15 is 0 Å². The first-order valence-corrected chi connectivity index (χ1v) is 8.18.